The Morgan fingerprint density at radius 2 is 1.74 bits per heavy atom. The lowest BCUT2D eigenvalue weighted by Gasteiger charge is -2.07. The summed E-state index contributed by atoms with van der Waals surface area (Å²) >= 11 is 0. The second-order valence-electron chi connectivity index (χ2n) is 6.35. The molecular weight excluding hydrogens is 338 g/mol. The first-order valence-corrected chi connectivity index (χ1v) is 8.79. The standard InChI is InChI=1S/C21H19N5O/c1-15-7-5-6-10-17(15)13-21(27)22-14-20-24-23-19-12-11-18(25-26(19)20)16-8-3-2-4-9-16/h2-12H,13-14H2,1H3,(H,22,27). The van der Waals surface area contributed by atoms with Gasteiger partial charge in [0.1, 0.15) is 0 Å². The van der Waals surface area contributed by atoms with Crippen molar-refractivity contribution in [3.05, 3.63) is 83.7 Å². The van der Waals surface area contributed by atoms with Crippen LogP contribution in [0.25, 0.3) is 16.9 Å². The number of carbonyl (C=O) groups excluding carboxylic acids is 1. The number of aryl methyl sites for hydroxylation is 1. The van der Waals surface area contributed by atoms with Crippen molar-refractivity contribution in [2.45, 2.75) is 19.9 Å². The van der Waals surface area contributed by atoms with Crippen LogP contribution in [0, 0.1) is 6.92 Å². The summed E-state index contributed by atoms with van der Waals surface area (Å²) in [6.07, 6.45) is 0.339. The zero-order chi connectivity index (χ0) is 18.6. The minimum atomic E-state index is -0.0553. The van der Waals surface area contributed by atoms with Gasteiger partial charge in [-0.2, -0.15) is 9.61 Å². The summed E-state index contributed by atoms with van der Waals surface area (Å²) in [5.41, 5.74) is 4.62. The molecule has 0 saturated heterocycles. The highest BCUT2D eigenvalue weighted by atomic mass is 16.1. The molecule has 134 valence electrons. The van der Waals surface area contributed by atoms with Gasteiger partial charge in [0.05, 0.1) is 18.7 Å². The molecule has 2 heterocycles. The Morgan fingerprint density at radius 3 is 2.56 bits per heavy atom. The zero-order valence-electron chi connectivity index (χ0n) is 15.0. The Bertz CT molecular complexity index is 1090. The van der Waals surface area contributed by atoms with Gasteiger partial charge >= 0.3 is 0 Å². The molecular formula is C21H19N5O. The molecule has 6 nitrogen and oxygen atoms in total. The van der Waals surface area contributed by atoms with Crippen molar-refractivity contribution in [2.75, 3.05) is 0 Å². The second kappa shape index (κ2) is 7.37. The van der Waals surface area contributed by atoms with E-state index in [9.17, 15) is 4.79 Å². The van der Waals surface area contributed by atoms with Gasteiger partial charge in [-0.05, 0) is 30.2 Å². The number of amides is 1. The molecule has 2 aromatic heterocycles. The third-order valence-corrected chi connectivity index (χ3v) is 4.45. The summed E-state index contributed by atoms with van der Waals surface area (Å²) < 4.78 is 1.68. The topological polar surface area (TPSA) is 72.2 Å². The minimum Gasteiger partial charge on any atom is -0.348 e. The Morgan fingerprint density at radius 1 is 0.963 bits per heavy atom. The van der Waals surface area contributed by atoms with E-state index >= 15 is 0 Å². The van der Waals surface area contributed by atoms with E-state index in [0.717, 1.165) is 22.4 Å². The van der Waals surface area contributed by atoms with E-state index in [1.165, 1.54) is 0 Å². The third-order valence-electron chi connectivity index (χ3n) is 4.45. The van der Waals surface area contributed by atoms with E-state index in [4.69, 9.17) is 0 Å². The highest BCUT2D eigenvalue weighted by Crippen LogP contribution is 2.16. The lowest BCUT2D eigenvalue weighted by Crippen LogP contribution is -2.26. The number of aromatic nitrogens is 4. The van der Waals surface area contributed by atoms with E-state index in [1.54, 1.807) is 4.52 Å². The van der Waals surface area contributed by atoms with Crippen LogP contribution in [-0.2, 0) is 17.8 Å². The summed E-state index contributed by atoms with van der Waals surface area (Å²) in [6.45, 7) is 2.28. The van der Waals surface area contributed by atoms with Crippen molar-refractivity contribution in [1.82, 2.24) is 25.1 Å². The Hall–Kier alpha value is -3.54. The van der Waals surface area contributed by atoms with Crippen LogP contribution >= 0.6 is 0 Å². The molecule has 0 unspecified atom stereocenters. The molecule has 4 aromatic rings. The molecule has 0 aliphatic rings. The maximum Gasteiger partial charge on any atom is 0.224 e. The Kier molecular flexibility index (Phi) is 4.61. The molecule has 0 bridgehead atoms. The molecule has 27 heavy (non-hydrogen) atoms. The monoisotopic (exact) mass is 357 g/mol. The number of nitrogens with one attached hydrogen (secondary N) is 1. The van der Waals surface area contributed by atoms with Crippen molar-refractivity contribution < 1.29 is 4.79 Å². The van der Waals surface area contributed by atoms with Gasteiger partial charge in [-0.25, -0.2) is 0 Å². The first kappa shape index (κ1) is 16.9. The number of fused-ring (bicyclic) bond motifs is 1. The summed E-state index contributed by atoms with van der Waals surface area (Å²) in [7, 11) is 0. The number of carbonyl (C=O) groups is 1. The predicted octanol–water partition coefficient (Wildman–Crippen LogP) is 2.96. The average molecular weight is 357 g/mol. The Balaban J connectivity index is 1.50. The normalized spacial score (nSPS) is 10.9. The molecule has 0 atom stereocenters. The third kappa shape index (κ3) is 3.69. The van der Waals surface area contributed by atoms with Crippen molar-refractivity contribution in [1.29, 1.82) is 0 Å². The summed E-state index contributed by atoms with van der Waals surface area (Å²) in [5, 5.41) is 15.8. The van der Waals surface area contributed by atoms with Crippen LogP contribution in [0.1, 0.15) is 17.0 Å². The molecule has 0 fully saturated rings. The molecule has 0 aliphatic carbocycles. The lowest BCUT2D eigenvalue weighted by molar-refractivity contribution is -0.120. The number of nitrogens with zero attached hydrogens (tertiary/aromatic N) is 4. The highest BCUT2D eigenvalue weighted by Gasteiger charge is 2.11. The molecule has 1 N–H and O–H groups in total. The van der Waals surface area contributed by atoms with Crippen molar-refractivity contribution in [3.63, 3.8) is 0 Å². The first-order valence-electron chi connectivity index (χ1n) is 8.79. The molecule has 0 aliphatic heterocycles. The van der Waals surface area contributed by atoms with Crippen molar-refractivity contribution in [3.8, 4) is 11.3 Å². The second-order valence-corrected chi connectivity index (χ2v) is 6.35. The maximum atomic E-state index is 12.3. The van der Waals surface area contributed by atoms with E-state index in [2.05, 4.69) is 20.6 Å². The van der Waals surface area contributed by atoms with Gasteiger partial charge in [-0.3, -0.25) is 4.79 Å². The summed E-state index contributed by atoms with van der Waals surface area (Å²) in [5.74, 6) is 0.543. The van der Waals surface area contributed by atoms with Crippen molar-refractivity contribution in [2.24, 2.45) is 0 Å². The van der Waals surface area contributed by atoms with Crippen molar-refractivity contribution >= 4 is 11.6 Å². The van der Waals surface area contributed by atoms with Gasteiger partial charge in [0, 0.05) is 5.56 Å². The van der Waals surface area contributed by atoms with Crippen LogP contribution in [-0.4, -0.2) is 25.7 Å². The van der Waals surface area contributed by atoms with Crippen LogP contribution < -0.4 is 5.32 Å². The number of hydrogen-bond acceptors (Lipinski definition) is 4. The molecule has 0 saturated carbocycles. The minimum absolute atomic E-state index is 0.0553. The quantitative estimate of drug-likeness (QED) is 0.596. The number of hydrogen-bond donors (Lipinski definition) is 1. The first-order chi connectivity index (χ1) is 13.2. The summed E-state index contributed by atoms with van der Waals surface area (Å²) in [6, 6.07) is 21.6. The lowest BCUT2D eigenvalue weighted by atomic mass is 10.1. The van der Waals surface area contributed by atoms with Gasteiger partial charge in [0.2, 0.25) is 5.91 Å². The van der Waals surface area contributed by atoms with Crippen LogP contribution in [0.3, 0.4) is 0 Å². The van der Waals surface area contributed by atoms with Gasteiger partial charge in [0.25, 0.3) is 0 Å². The Labute approximate surface area is 156 Å². The molecule has 0 radical (unpaired) electrons. The average Bonchev–Trinajstić information content (AvgIpc) is 3.11. The van der Waals surface area contributed by atoms with Crippen LogP contribution in [0.4, 0.5) is 0 Å². The zero-order valence-corrected chi connectivity index (χ0v) is 15.0. The van der Waals surface area contributed by atoms with Crippen LogP contribution in [0.2, 0.25) is 0 Å². The number of rotatable bonds is 5. The molecule has 0 spiro atoms. The van der Waals surface area contributed by atoms with E-state index in [1.807, 2.05) is 73.7 Å². The van der Waals surface area contributed by atoms with Crippen LogP contribution in [0.15, 0.2) is 66.7 Å². The largest absolute Gasteiger partial charge is 0.348 e. The van der Waals surface area contributed by atoms with Gasteiger partial charge < -0.3 is 5.32 Å². The predicted molar refractivity (Wildman–Crippen MR) is 103 cm³/mol. The van der Waals surface area contributed by atoms with E-state index in [0.29, 0.717) is 17.9 Å². The molecule has 6 heteroatoms. The molecule has 4 rings (SSSR count). The van der Waals surface area contributed by atoms with E-state index < -0.39 is 0 Å². The fraction of sp³-hybridized carbons (Fsp3) is 0.143. The van der Waals surface area contributed by atoms with Gasteiger partial charge in [-0.1, -0.05) is 54.6 Å². The van der Waals surface area contributed by atoms with Gasteiger partial charge in [0.15, 0.2) is 11.5 Å². The van der Waals surface area contributed by atoms with Gasteiger partial charge in [-0.15, -0.1) is 10.2 Å². The molecule has 2 aromatic carbocycles. The molecule has 1 amide bonds. The maximum absolute atomic E-state index is 12.3. The van der Waals surface area contributed by atoms with Crippen LogP contribution in [0.5, 0.6) is 0 Å². The smallest absolute Gasteiger partial charge is 0.224 e. The summed E-state index contributed by atoms with van der Waals surface area (Å²) in [4.78, 5) is 12.3. The SMILES string of the molecule is Cc1ccccc1CC(=O)NCc1nnc2ccc(-c3ccccc3)nn12. The number of benzene rings is 2. The fourth-order valence-corrected chi connectivity index (χ4v) is 2.93. The fourth-order valence-electron chi connectivity index (χ4n) is 2.93. The van der Waals surface area contributed by atoms with E-state index in [-0.39, 0.29) is 12.5 Å². The highest BCUT2D eigenvalue weighted by molar-refractivity contribution is 5.78.